The molecule has 116 valence electrons. The van der Waals surface area contributed by atoms with Crippen LogP contribution in [0.15, 0.2) is 0 Å². The summed E-state index contributed by atoms with van der Waals surface area (Å²) in [7, 11) is 0. The Hall–Kier alpha value is -1.26. The molecular formula is C15H28N2O3. The quantitative estimate of drug-likeness (QED) is 0.708. The number of rotatable bonds is 9. The average molecular weight is 284 g/mol. The normalized spacial score (nSPS) is 15.8. The highest BCUT2D eigenvalue weighted by Crippen LogP contribution is 2.28. The molecule has 0 heterocycles. The molecule has 0 aliphatic heterocycles. The van der Waals surface area contributed by atoms with Gasteiger partial charge in [-0.3, -0.25) is 4.79 Å². The number of urea groups is 1. The minimum Gasteiger partial charge on any atom is -0.481 e. The van der Waals surface area contributed by atoms with Crippen LogP contribution in [0.3, 0.4) is 0 Å². The van der Waals surface area contributed by atoms with E-state index in [9.17, 15) is 9.59 Å². The molecule has 0 aromatic heterocycles. The number of carbonyl (C=O) groups excluding carboxylic acids is 1. The molecule has 1 saturated carbocycles. The highest BCUT2D eigenvalue weighted by molar-refractivity contribution is 5.76. The Labute approximate surface area is 121 Å². The third-order valence-corrected chi connectivity index (χ3v) is 3.92. The summed E-state index contributed by atoms with van der Waals surface area (Å²) < 4.78 is 0. The van der Waals surface area contributed by atoms with E-state index in [-0.39, 0.29) is 24.5 Å². The maximum Gasteiger partial charge on any atom is 0.320 e. The van der Waals surface area contributed by atoms with Crippen molar-refractivity contribution in [2.45, 2.75) is 71.4 Å². The summed E-state index contributed by atoms with van der Waals surface area (Å²) in [6.07, 6.45) is 5.02. The number of unbranched alkanes of at least 4 members (excludes halogenated alkanes) is 1. The summed E-state index contributed by atoms with van der Waals surface area (Å²) in [6, 6.07) is 0.492. The molecule has 1 fully saturated rings. The fourth-order valence-corrected chi connectivity index (χ4v) is 2.26. The van der Waals surface area contributed by atoms with Crippen molar-refractivity contribution in [3.63, 3.8) is 0 Å². The van der Waals surface area contributed by atoms with Crippen molar-refractivity contribution in [1.29, 1.82) is 0 Å². The van der Waals surface area contributed by atoms with Crippen LogP contribution in [0.4, 0.5) is 4.79 Å². The summed E-state index contributed by atoms with van der Waals surface area (Å²) in [4.78, 5) is 27.1. The smallest absolute Gasteiger partial charge is 0.320 e. The van der Waals surface area contributed by atoms with Crippen LogP contribution in [0.25, 0.3) is 0 Å². The Morgan fingerprint density at radius 2 is 1.90 bits per heavy atom. The summed E-state index contributed by atoms with van der Waals surface area (Å²) in [5.41, 5.74) is 0. The van der Waals surface area contributed by atoms with Crippen LogP contribution in [-0.4, -0.2) is 52.1 Å². The van der Waals surface area contributed by atoms with Gasteiger partial charge >= 0.3 is 12.0 Å². The van der Waals surface area contributed by atoms with E-state index in [1.54, 1.807) is 4.90 Å². The fourth-order valence-electron chi connectivity index (χ4n) is 2.26. The van der Waals surface area contributed by atoms with Gasteiger partial charge in [-0.2, -0.15) is 0 Å². The van der Waals surface area contributed by atoms with E-state index >= 15 is 0 Å². The van der Waals surface area contributed by atoms with Crippen molar-refractivity contribution in [2.75, 3.05) is 13.1 Å². The first-order valence-corrected chi connectivity index (χ1v) is 7.80. The van der Waals surface area contributed by atoms with Gasteiger partial charge in [-0.1, -0.05) is 20.3 Å². The van der Waals surface area contributed by atoms with Gasteiger partial charge in [-0.15, -0.1) is 0 Å². The molecule has 0 spiro atoms. The molecule has 1 aliphatic carbocycles. The molecule has 0 saturated heterocycles. The first-order chi connectivity index (χ1) is 9.51. The third-order valence-electron chi connectivity index (χ3n) is 3.92. The molecule has 0 aromatic carbocycles. The van der Waals surface area contributed by atoms with Crippen LogP contribution in [0.5, 0.6) is 0 Å². The van der Waals surface area contributed by atoms with Gasteiger partial charge in [0, 0.05) is 25.2 Å². The van der Waals surface area contributed by atoms with Gasteiger partial charge in [0.15, 0.2) is 0 Å². The van der Waals surface area contributed by atoms with E-state index in [0.717, 1.165) is 38.6 Å². The van der Waals surface area contributed by atoms with E-state index < -0.39 is 5.97 Å². The van der Waals surface area contributed by atoms with Gasteiger partial charge in [0.1, 0.15) is 0 Å². The largest absolute Gasteiger partial charge is 0.481 e. The van der Waals surface area contributed by atoms with Gasteiger partial charge < -0.3 is 14.9 Å². The average Bonchev–Trinajstić information content (AvgIpc) is 3.23. The lowest BCUT2D eigenvalue weighted by molar-refractivity contribution is -0.137. The summed E-state index contributed by atoms with van der Waals surface area (Å²) in [5.74, 6) is -0.841. The van der Waals surface area contributed by atoms with Crippen molar-refractivity contribution >= 4 is 12.0 Å². The van der Waals surface area contributed by atoms with Crippen LogP contribution in [0.2, 0.25) is 0 Å². The molecule has 5 nitrogen and oxygen atoms in total. The Morgan fingerprint density at radius 3 is 2.35 bits per heavy atom. The Morgan fingerprint density at radius 1 is 1.25 bits per heavy atom. The second kappa shape index (κ2) is 8.12. The van der Waals surface area contributed by atoms with E-state index in [0.29, 0.717) is 6.54 Å². The summed E-state index contributed by atoms with van der Waals surface area (Å²) in [6.45, 7) is 7.35. The lowest BCUT2D eigenvalue weighted by atomic mass is 10.2. The van der Waals surface area contributed by atoms with Crippen LogP contribution in [0, 0.1) is 0 Å². The van der Waals surface area contributed by atoms with Crippen LogP contribution in [-0.2, 0) is 4.79 Å². The second-order valence-electron chi connectivity index (χ2n) is 5.66. The molecule has 0 bridgehead atoms. The minimum absolute atomic E-state index is 0.0246. The number of hydrogen-bond donors (Lipinski definition) is 1. The number of carbonyl (C=O) groups is 2. The predicted molar refractivity (Wildman–Crippen MR) is 78.7 cm³/mol. The fraction of sp³-hybridized carbons (Fsp3) is 0.867. The minimum atomic E-state index is -0.841. The number of hydrogen-bond acceptors (Lipinski definition) is 2. The Balaban J connectivity index is 2.69. The number of aliphatic carboxylic acids is 1. The van der Waals surface area contributed by atoms with E-state index in [1.165, 1.54) is 0 Å². The molecular weight excluding hydrogens is 256 g/mol. The van der Waals surface area contributed by atoms with E-state index in [4.69, 9.17) is 5.11 Å². The molecule has 5 heteroatoms. The number of carboxylic acids is 1. The van der Waals surface area contributed by atoms with Gasteiger partial charge in [0.25, 0.3) is 0 Å². The number of nitrogens with zero attached hydrogens (tertiary/aromatic N) is 2. The van der Waals surface area contributed by atoms with E-state index in [1.807, 2.05) is 4.90 Å². The van der Waals surface area contributed by atoms with Crippen molar-refractivity contribution < 1.29 is 14.7 Å². The zero-order chi connectivity index (χ0) is 15.1. The van der Waals surface area contributed by atoms with E-state index in [2.05, 4.69) is 20.8 Å². The Kier molecular flexibility index (Phi) is 6.82. The van der Waals surface area contributed by atoms with Crippen LogP contribution < -0.4 is 0 Å². The molecule has 1 aliphatic rings. The first-order valence-electron chi connectivity index (χ1n) is 7.80. The van der Waals surface area contributed by atoms with Crippen LogP contribution >= 0.6 is 0 Å². The SMILES string of the molecule is CCCCN(C(=O)N(CCC(=O)O)C1CC1)C(C)CC. The zero-order valence-corrected chi connectivity index (χ0v) is 13.0. The molecule has 1 unspecified atom stereocenters. The number of amides is 2. The summed E-state index contributed by atoms with van der Waals surface area (Å²) in [5, 5.41) is 8.83. The van der Waals surface area contributed by atoms with Gasteiger partial charge in [0.2, 0.25) is 0 Å². The molecule has 1 N–H and O–H groups in total. The first kappa shape index (κ1) is 16.8. The third kappa shape index (κ3) is 5.02. The highest BCUT2D eigenvalue weighted by atomic mass is 16.4. The van der Waals surface area contributed by atoms with Crippen molar-refractivity contribution in [3.8, 4) is 0 Å². The standard InChI is InChI=1S/C15H28N2O3/c1-4-6-10-16(12(3)5-2)15(20)17(13-7-8-13)11-9-14(18)19/h12-13H,4-11H2,1-3H3,(H,18,19). The maximum atomic E-state index is 12.7. The molecule has 20 heavy (non-hydrogen) atoms. The zero-order valence-electron chi connectivity index (χ0n) is 13.0. The summed E-state index contributed by atoms with van der Waals surface area (Å²) >= 11 is 0. The molecule has 0 aromatic rings. The monoisotopic (exact) mass is 284 g/mol. The molecule has 2 amide bonds. The van der Waals surface area contributed by atoms with Crippen LogP contribution in [0.1, 0.15) is 59.3 Å². The highest BCUT2D eigenvalue weighted by Gasteiger charge is 2.35. The van der Waals surface area contributed by atoms with Crippen molar-refractivity contribution in [1.82, 2.24) is 9.80 Å². The number of carboxylic acid groups (broad SMARTS) is 1. The lowest BCUT2D eigenvalue weighted by Gasteiger charge is -2.34. The van der Waals surface area contributed by atoms with Crippen molar-refractivity contribution in [2.24, 2.45) is 0 Å². The molecule has 0 radical (unpaired) electrons. The second-order valence-corrected chi connectivity index (χ2v) is 5.66. The van der Waals surface area contributed by atoms with Gasteiger partial charge in [-0.05, 0) is 32.6 Å². The topological polar surface area (TPSA) is 60.9 Å². The predicted octanol–water partition coefficient (Wildman–Crippen LogP) is 2.95. The maximum absolute atomic E-state index is 12.7. The van der Waals surface area contributed by atoms with Crippen molar-refractivity contribution in [3.05, 3.63) is 0 Å². The van der Waals surface area contributed by atoms with Gasteiger partial charge in [-0.25, -0.2) is 4.79 Å². The molecule has 1 atom stereocenters. The lowest BCUT2D eigenvalue weighted by Crippen LogP contribution is -2.49. The molecule has 1 rings (SSSR count). The Bertz CT molecular complexity index is 329. The van der Waals surface area contributed by atoms with Gasteiger partial charge in [0.05, 0.1) is 6.42 Å².